The number of nitrogens with zero attached hydrogens (tertiary/aromatic N) is 1. The molecule has 0 amide bonds. The van der Waals surface area contributed by atoms with Gasteiger partial charge >= 0.3 is 0 Å². The summed E-state index contributed by atoms with van der Waals surface area (Å²) in [5, 5.41) is 3.05. The molecule has 0 aliphatic carbocycles. The average molecular weight is 306 g/mol. The molecule has 7 heteroatoms. The van der Waals surface area contributed by atoms with Crippen LogP contribution >= 0.6 is 11.3 Å². The Labute approximate surface area is 119 Å². The van der Waals surface area contributed by atoms with Crippen LogP contribution in [0.5, 0.6) is 0 Å². The average Bonchev–Trinajstić information content (AvgIpc) is 2.73. The van der Waals surface area contributed by atoms with Gasteiger partial charge in [-0.15, -0.1) is 11.3 Å². The van der Waals surface area contributed by atoms with Crippen LogP contribution in [0.2, 0.25) is 0 Å². The summed E-state index contributed by atoms with van der Waals surface area (Å²) in [6.45, 7) is 5.70. The highest BCUT2D eigenvalue weighted by Crippen LogP contribution is 2.28. The van der Waals surface area contributed by atoms with E-state index in [0.29, 0.717) is 30.5 Å². The van der Waals surface area contributed by atoms with Gasteiger partial charge < -0.3 is 10.1 Å². The lowest BCUT2D eigenvalue weighted by Crippen LogP contribution is -2.33. The van der Waals surface area contributed by atoms with Gasteiger partial charge in [-0.05, 0) is 25.6 Å². The molecular formula is C12H22N2O3S2. The van der Waals surface area contributed by atoms with Crippen LogP contribution in [0, 0.1) is 6.92 Å². The number of likely N-dealkylation sites (N-methyl/N-ethyl adjacent to an activating group) is 1. The quantitative estimate of drug-likeness (QED) is 0.789. The van der Waals surface area contributed by atoms with E-state index in [-0.39, 0.29) is 0 Å². The molecule has 0 atom stereocenters. The number of hydrogen-bond acceptors (Lipinski definition) is 5. The third-order valence-electron chi connectivity index (χ3n) is 2.83. The molecule has 0 saturated carbocycles. The Morgan fingerprint density at radius 1 is 1.47 bits per heavy atom. The summed E-state index contributed by atoms with van der Waals surface area (Å²) in [7, 11) is 0.0224. The van der Waals surface area contributed by atoms with Crippen molar-refractivity contribution in [3.63, 3.8) is 0 Å². The number of ether oxygens (including phenoxy) is 1. The van der Waals surface area contributed by atoms with Gasteiger partial charge in [0.25, 0.3) is 10.0 Å². The highest BCUT2D eigenvalue weighted by molar-refractivity contribution is 7.91. The smallest absolute Gasteiger partial charge is 0.252 e. The molecule has 0 aliphatic heterocycles. The van der Waals surface area contributed by atoms with Crippen molar-refractivity contribution in [3.8, 4) is 0 Å². The number of hydrogen-bond donors (Lipinski definition) is 1. The predicted octanol–water partition coefficient (Wildman–Crippen LogP) is 1.43. The minimum atomic E-state index is -3.40. The molecule has 0 fully saturated rings. The van der Waals surface area contributed by atoms with Crippen molar-refractivity contribution in [1.29, 1.82) is 0 Å². The van der Waals surface area contributed by atoms with E-state index in [1.165, 1.54) is 15.6 Å². The van der Waals surface area contributed by atoms with Crippen molar-refractivity contribution in [2.45, 2.75) is 24.6 Å². The largest absolute Gasteiger partial charge is 0.383 e. The lowest BCUT2D eigenvalue weighted by atomic mass is 10.3. The maximum absolute atomic E-state index is 12.5. The second-order valence-corrected chi connectivity index (χ2v) is 7.49. The first-order valence-electron chi connectivity index (χ1n) is 6.20. The second kappa shape index (κ2) is 7.35. The zero-order chi connectivity index (χ0) is 14.5. The highest BCUT2D eigenvalue weighted by Gasteiger charge is 2.25. The van der Waals surface area contributed by atoms with Crippen LogP contribution in [-0.4, -0.2) is 46.6 Å². The number of methoxy groups -OCH3 is 1. The molecule has 0 aliphatic rings. The lowest BCUT2D eigenvalue weighted by Gasteiger charge is -2.18. The van der Waals surface area contributed by atoms with Gasteiger partial charge in [0.1, 0.15) is 4.21 Å². The predicted molar refractivity (Wildman–Crippen MR) is 78.1 cm³/mol. The summed E-state index contributed by atoms with van der Waals surface area (Å²) < 4.78 is 31.8. The maximum Gasteiger partial charge on any atom is 0.252 e. The number of thiophene rings is 1. The normalized spacial score (nSPS) is 12.3. The van der Waals surface area contributed by atoms with Crippen LogP contribution in [0.25, 0.3) is 0 Å². The molecule has 1 N–H and O–H groups in total. The Bertz CT molecular complexity index is 497. The monoisotopic (exact) mass is 306 g/mol. The van der Waals surface area contributed by atoms with E-state index in [2.05, 4.69) is 5.32 Å². The van der Waals surface area contributed by atoms with Gasteiger partial charge in [0, 0.05) is 31.6 Å². The highest BCUT2D eigenvalue weighted by atomic mass is 32.2. The van der Waals surface area contributed by atoms with Crippen LogP contribution in [0.4, 0.5) is 0 Å². The molecule has 1 rings (SSSR count). The molecular weight excluding hydrogens is 284 g/mol. The fourth-order valence-electron chi connectivity index (χ4n) is 1.72. The molecule has 1 aromatic heterocycles. The first-order chi connectivity index (χ1) is 8.97. The molecule has 0 aromatic carbocycles. The summed E-state index contributed by atoms with van der Waals surface area (Å²) in [6, 6.07) is 1.75. The minimum absolute atomic E-state index is 0.383. The van der Waals surface area contributed by atoms with Crippen LogP contribution in [0.15, 0.2) is 10.3 Å². The van der Waals surface area contributed by atoms with Crippen molar-refractivity contribution in [1.82, 2.24) is 9.62 Å². The zero-order valence-corrected chi connectivity index (χ0v) is 13.5. The molecule has 1 heterocycles. The van der Waals surface area contributed by atoms with Gasteiger partial charge in [0.2, 0.25) is 0 Å². The van der Waals surface area contributed by atoms with Crippen molar-refractivity contribution in [3.05, 3.63) is 16.5 Å². The van der Waals surface area contributed by atoms with E-state index < -0.39 is 10.0 Å². The first-order valence-corrected chi connectivity index (χ1v) is 8.46. The fraction of sp³-hybridized carbons (Fsp3) is 0.667. The molecule has 19 heavy (non-hydrogen) atoms. The van der Waals surface area contributed by atoms with Crippen LogP contribution in [0.3, 0.4) is 0 Å². The van der Waals surface area contributed by atoms with Crippen LogP contribution in [0.1, 0.15) is 17.4 Å². The maximum atomic E-state index is 12.5. The first kappa shape index (κ1) is 16.6. The van der Waals surface area contributed by atoms with Crippen molar-refractivity contribution in [2.75, 3.05) is 33.9 Å². The minimum Gasteiger partial charge on any atom is -0.383 e. The molecule has 110 valence electrons. The van der Waals surface area contributed by atoms with Gasteiger partial charge in [0.15, 0.2) is 0 Å². The van der Waals surface area contributed by atoms with Gasteiger partial charge in [0.05, 0.1) is 6.61 Å². The lowest BCUT2D eigenvalue weighted by molar-refractivity contribution is 0.180. The Hall–Kier alpha value is -0.470. The molecule has 0 unspecified atom stereocenters. The summed E-state index contributed by atoms with van der Waals surface area (Å²) in [6.07, 6.45) is 0. The molecule has 0 radical (unpaired) electrons. The van der Waals surface area contributed by atoms with E-state index in [1.807, 2.05) is 20.9 Å². The summed E-state index contributed by atoms with van der Waals surface area (Å²) >= 11 is 1.34. The fourth-order valence-corrected chi connectivity index (χ4v) is 4.91. The van der Waals surface area contributed by atoms with E-state index in [0.717, 1.165) is 10.4 Å². The van der Waals surface area contributed by atoms with Gasteiger partial charge in [-0.1, -0.05) is 6.92 Å². The molecule has 0 spiro atoms. The summed E-state index contributed by atoms with van der Waals surface area (Å²) in [5.41, 5.74) is 1.01. The van der Waals surface area contributed by atoms with Crippen molar-refractivity contribution < 1.29 is 13.2 Å². The standard InChI is InChI=1S/C12H22N2O3S2/c1-5-14(6-7-17-4)19(15,16)12-8-10(2)11(18-12)9-13-3/h8,13H,5-7,9H2,1-4H3. The van der Waals surface area contributed by atoms with Crippen molar-refractivity contribution in [2.24, 2.45) is 0 Å². The molecule has 5 nitrogen and oxygen atoms in total. The Morgan fingerprint density at radius 3 is 2.68 bits per heavy atom. The van der Waals surface area contributed by atoms with Crippen LogP contribution < -0.4 is 5.32 Å². The molecule has 0 bridgehead atoms. The van der Waals surface area contributed by atoms with E-state index in [1.54, 1.807) is 13.2 Å². The topological polar surface area (TPSA) is 58.6 Å². The number of rotatable bonds is 8. The Morgan fingerprint density at radius 2 is 2.16 bits per heavy atom. The van der Waals surface area contributed by atoms with E-state index >= 15 is 0 Å². The summed E-state index contributed by atoms with van der Waals surface area (Å²) in [5.74, 6) is 0. The Balaban J connectivity index is 3.01. The van der Waals surface area contributed by atoms with Gasteiger partial charge in [-0.2, -0.15) is 4.31 Å². The molecule has 0 saturated heterocycles. The number of aryl methyl sites for hydroxylation is 1. The van der Waals surface area contributed by atoms with Gasteiger partial charge in [-0.3, -0.25) is 0 Å². The van der Waals surface area contributed by atoms with E-state index in [4.69, 9.17) is 4.74 Å². The van der Waals surface area contributed by atoms with Gasteiger partial charge in [-0.25, -0.2) is 8.42 Å². The number of nitrogens with one attached hydrogen (secondary N) is 1. The number of sulfonamides is 1. The second-order valence-electron chi connectivity index (χ2n) is 4.19. The van der Waals surface area contributed by atoms with E-state index in [9.17, 15) is 8.42 Å². The third kappa shape index (κ3) is 4.00. The Kier molecular flexibility index (Phi) is 6.41. The summed E-state index contributed by atoms with van der Waals surface area (Å²) in [4.78, 5) is 1.06. The zero-order valence-electron chi connectivity index (χ0n) is 11.9. The SMILES string of the molecule is CCN(CCOC)S(=O)(=O)c1cc(C)c(CNC)s1. The van der Waals surface area contributed by atoms with Crippen molar-refractivity contribution >= 4 is 21.4 Å². The van der Waals surface area contributed by atoms with Crippen LogP contribution in [-0.2, 0) is 21.3 Å². The molecule has 1 aromatic rings. The third-order valence-corrected chi connectivity index (χ3v) is 6.49.